The van der Waals surface area contributed by atoms with Crippen LogP contribution in [0.3, 0.4) is 0 Å². The van der Waals surface area contributed by atoms with Crippen LogP contribution >= 0.6 is 0 Å². The predicted molar refractivity (Wildman–Crippen MR) is 114 cm³/mol. The lowest BCUT2D eigenvalue weighted by molar-refractivity contribution is 0.101. The Bertz CT molecular complexity index is 1010. The van der Waals surface area contributed by atoms with E-state index in [0.29, 0.717) is 28.3 Å². The maximum absolute atomic E-state index is 12.6. The van der Waals surface area contributed by atoms with Crippen LogP contribution in [0.4, 0.5) is 17.1 Å². The van der Waals surface area contributed by atoms with Crippen molar-refractivity contribution in [3.05, 3.63) is 77.9 Å². The van der Waals surface area contributed by atoms with Gasteiger partial charge < -0.3 is 20.1 Å². The van der Waals surface area contributed by atoms with Gasteiger partial charge in [-0.25, -0.2) is 0 Å². The van der Waals surface area contributed by atoms with Crippen molar-refractivity contribution in [1.29, 1.82) is 0 Å². The van der Waals surface area contributed by atoms with Crippen molar-refractivity contribution >= 4 is 28.8 Å². The summed E-state index contributed by atoms with van der Waals surface area (Å²) in [6, 6.07) is 19.6. The highest BCUT2D eigenvalue weighted by molar-refractivity contribution is 6.05. The molecule has 0 fully saturated rings. The van der Waals surface area contributed by atoms with Gasteiger partial charge in [-0.1, -0.05) is 12.1 Å². The van der Waals surface area contributed by atoms with Crippen LogP contribution < -0.4 is 20.1 Å². The highest BCUT2D eigenvalue weighted by Crippen LogP contribution is 2.24. The monoisotopic (exact) mass is 390 g/mol. The summed E-state index contributed by atoms with van der Waals surface area (Å²) in [5.74, 6) is 0.835. The van der Waals surface area contributed by atoms with Crippen LogP contribution in [-0.2, 0) is 0 Å². The van der Waals surface area contributed by atoms with E-state index in [1.165, 1.54) is 21.1 Å². The van der Waals surface area contributed by atoms with Gasteiger partial charge in [0.15, 0.2) is 5.78 Å². The summed E-state index contributed by atoms with van der Waals surface area (Å²) in [5.41, 5.74) is 3.39. The number of benzene rings is 3. The Labute approximate surface area is 169 Å². The molecule has 0 radical (unpaired) electrons. The van der Waals surface area contributed by atoms with Gasteiger partial charge in [-0.3, -0.25) is 9.59 Å². The number of methoxy groups -OCH3 is 2. The maximum Gasteiger partial charge on any atom is 0.255 e. The van der Waals surface area contributed by atoms with E-state index in [1.807, 2.05) is 24.3 Å². The van der Waals surface area contributed by atoms with Gasteiger partial charge >= 0.3 is 0 Å². The minimum absolute atomic E-state index is 0.0147. The molecule has 2 N–H and O–H groups in total. The number of ether oxygens (including phenoxy) is 2. The van der Waals surface area contributed by atoms with E-state index >= 15 is 0 Å². The Morgan fingerprint density at radius 2 is 1.34 bits per heavy atom. The topological polar surface area (TPSA) is 76.7 Å². The fourth-order valence-electron chi connectivity index (χ4n) is 2.76. The second-order valence-electron chi connectivity index (χ2n) is 6.39. The molecule has 0 saturated carbocycles. The summed E-state index contributed by atoms with van der Waals surface area (Å²) in [6.45, 7) is 1.54. The van der Waals surface area contributed by atoms with E-state index < -0.39 is 0 Å². The van der Waals surface area contributed by atoms with Gasteiger partial charge in [0.05, 0.1) is 14.2 Å². The Kier molecular flexibility index (Phi) is 6.14. The summed E-state index contributed by atoms with van der Waals surface area (Å²) in [4.78, 5) is 24.1. The SMILES string of the molecule is COc1cc(OC)cc(C(=O)Nc2ccc(Nc3cccc(C(C)=O)c3)cc2)c1. The van der Waals surface area contributed by atoms with Gasteiger partial charge in [0.1, 0.15) is 11.5 Å². The van der Waals surface area contributed by atoms with Crippen LogP contribution in [-0.4, -0.2) is 25.9 Å². The van der Waals surface area contributed by atoms with Crippen LogP contribution in [0.2, 0.25) is 0 Å². The molecule has 0 atom stereocenters. The zero-order chi connectivity index (χ0) is 20.8. The number of anilines is 3. The Morgan fingerprint density at radius 1 is 0.724 bits per heavy atom. The molecular formula is C23H22N2O4. The molecule has 3 aromatic carbocycles. The lowest BCUT2D eigenvalue weighted by Crippen LogP contribution is -2.12. The van der Waals surface area contributed by atoms with Gasteiger partial charge in [-0.2, -0.15) is 0 Å². The average molecular weight is 390 g/mol. The number of ketones is 1. The summed E-state index contributed by atoms with van der Waals surface area (Å²) < 4.78 is 10.4. The first-order valence-electron chi connectivity index (χ1n) is 9.01. The second-order valence-corrected chi connectivity index (χ2v) is 6.39. The zero-order valence-corrected chi connectivity index (χ0v) is 16.5. The van der Waals surface area contributed by atoms with Crippen molar-refractivity contribution in [2.45, 2.75) is 6.92 Å². The minimum Gasteiger partial charge on any atom is -0.497 e. The molecule has 0 unspecified atom stereocenters. The first-order chi connectivity index (χ1) is 14.0. The molecule has 0 saturated heterocycles. The summed E-state index contributed by atoms with van der Waals surface area (Å²) >= 11 is 0. The molecular weight excluding hydrogens is 368 g/mol. The van der Waals surface area contributed by atoms with Gasteiger partial charge in [-0.05, 0) is 55.5 Å². The molecule has 0 aliphatic rings. The van der Waals surface area contributed by atoms with E-state index in [-0.39, 0.29) is 11.7 Å². The molecule has 0 spiro atoms. The van der Waals surface area contributed by atoms with Crippen LogP contribution in [0, 0.1) is 0 Å². The van der Waals surface area contributed by atoms with Crippen molar-refractivity contribution in [1.82, 2.24) is 0 Å². The third-order valence-electron chi connectivity index (χ3n) is 4.31. The van der Waals surface area contributed by atoms with Crippen LogP contribution in [0.1, 0.15) is 27.6 Å². The molecule has 0 heterocycles. The smallest absolute Gasteiger partial charge is 0.255 e. The number of rotatable bonds is 7. The fraction of sp³-hybridized carbons (Fsp3) is 0.130. The lowest BCUT2D eigenvalue weighted by Gasteiger charge is -2.11. The number of hydrogen-bond donors (Lipinski definition) is 2. The number of amides is 1. The first kappa shape index (κ1) is 19.9. The molecule has 3 aromatic rings. The molecule has 6 nitrogen and oxygen atoms in total. The minimum atomic E-state index is -0.267. The van der Waals surface area contributed by atoms with Crippen molar-refractivity contribution in [2.75, 3.05) is 24.9 Å². The summed E-state index contributed by atoms with van der Waals surface area (Å²) in [5, 5.41) is 6.10. The third-order valence-corrected chi connectivity index (χ3v) is 4.31. The fourth-order valence-corrected chi connectivity index (χ4v) is 2.76. The van der Waals surface area contributed by atoms with Crippen molar-refractivity contribution in [3.63, 3.8) is 0 Å². The lowest BCUT2D eigenvalue weighted by atomic mass is 10.1. The van der Waals surface area contributed by atoms with Crippen LogP contribution in [0.25, 0.3) is 0 Å². The summed E-state index contributed by atoms with van der Waals surface area (Å²) in [6.07, 6.45) is 0. The average Bonchev–Trinajstić information content (AvgIpc) is 2.74. The highest BCUT2D eigenvalue weighted by Gasteiger charge is 2.10. The number of carbonyl (C=O) groups excluding carboxylic acids is 2. The number of hydrogen-bond acceptors (Lipinski definition) is 5. The number of nitrogens with one attached hydrogen (secondary N) is 2. The van der Waals surface area contributed by atoms with E-state index in [9.17, 15) is 9.59 Å². The van der Waals surface area contributed by atoms with Gasteiger partial charge in [0.2, 0.25) is 0 Å². The maximum atomic E-state index is 12.6. The number of carbonyl (C=O) groups is 2. The van der Waals surface area contributed by atoms with Gasteiger partial charge in [0, 0.05) is 34.3 Å². The molecule has 3 rings (SSSR count). The van der Waals surface area contributed by atoms with Crippen molar-refractivity contribution in [2.24, 2.45) is 0 Å². The van der Waals surface area contributed by atoms with E-state index in [4.69, 9.17) is 9.47 Å². The summed E-state index contributed by atoms with van der Waals surface area (Å²) in [7, 11) is 3.07. The largest absolute Gasteiger partial charge is 0.497 e. The molecule has 0 bridgehead atoms. The molecule has 0 aliphatic carbocycles. The van der Waals surface area contributed by atoms with Crippen LogP contribution in [0.5, 0.6) is 11.5 Å². The first-order valence-corrected chi connectivity index (χ1v) is 9.01. The standard InChI is InChI=1S/C23H22N2O4/c1-15(26)16-5-4-6-20(11-16)24-18-7-9-19(10-8-18)25-23(27)17-12-21(28-2)14-22(13-17)29-3/h4-14,24H,1-3H3,(H,25,27). The Balaban J connectivity index is 1.70. The third kappa shape index (κ3) is 5.13. The van der Waals surface area contributed by atoms with Crippen molar-refractivity contribution in [3.8, 4) is 11.5 Å². The number of Topliss-reactive ketones (excluding diaryl/α,β-unsaturated/α-hetero) is 1. The van der Waals surface area contributed by atoms with E-state index in [0.717, 1.165) is 11.4 Å². The van der Waals surface area contributed by atoms with Crippen LogP contribution in [0.15, 0.2) is 66.7 Å². The zero-order valence-electron chi connectivity index (χ0n) is 16.5. The van der Waals surface area contributed by atoms with Gasteiger partial charge in [0.25, 0.3) is 5.91 Å². The normalized spacial score (nSPS) is 10.2. The predicted octanol–water partition coefficient (Wildman–Crippen LogP) is 4.90. The molecule has 0 aromatic heterocycles. The quantitative estimate of drug-likeness (QED) is 0.561. The molecule has 1 amide bonds. The van der Waals surface area contributed by atoms with Gasteiger partial charge in [-0.15, -0.1) is 0 Å². The highest BCUT2D eigenvalue weighted by atomic mass is 16.5. The van der Waals surface area contributed by atoms with E-state index in [2.05, 4.69) is 10.6 Å². The Morgan fingerprint density at radius 3 is 1.93 bits per heavy atom. The molecule has 0 aliphatic heterocycles. The second kappa shape index (κ2) is 8.93. The Hall–Kier alpha value is -3.80. The van der Waals surface area contributed by atoms with E-state index in [1.54, 1.807) is 42.5 Å². The molecule has 6 heteroatoms. The van der Waals surface area contributed by atoms with Crippen molar-refractivity contribution < 1.29 is 19.1 Å². The molecule has 148 valence electrons. The molecule has 29 heavy (non-hydrogen) atoms.